The molecule has 0 unspecified atom stereocenters. The van der Waals surface area contributed by atoms with Gasteiger partial charge in [0.25, 0.3) is 0 Å². The number of halogens is 1. The highest BCUT2D eigenvalue weighted by Crippen LogP contribution is 2.27. The van der Waals surface area contributed by atoms with Crippen LogP contribution in [0.5, 0.6) is 5.75 Å². The Balaban J connectivity index is 3.05. The van der Waals surface area contributed by atoms with Crippen LogP contribution in [0.1, 0.15) is 5.56 Å². The van der Waals surface area contributed by atoms with E-state index in [4.69, 9.17) is 10.00 Å². The summed E-state index contributed by atoms with van der Waals surface area (Å²) >= 11 is 0. The van der Waals surface area contributed by atoms with E-state index in [2.05, 4.69) is 0 Å². The maximum Gasteiger partial charge on any atom is 0.312 e. The van der Waals surface area contributed by atoms with E-state index in [9.17, 15) is 14.5 Å². The topological polar surface area (TPSA) is 76.2 Å². The van der Waals surface area contributed by atoms with E-state index in [0.717, 1.165) is 6.07 Å². The van der Waals surface area contributed by atoms with Crippen molar-refractivity contribution in [3.05, 3.63) is 33.9 Å². The molecule has 0 saturated carbocycles. The van der Waals surface area contributed by atoms with Gasteiger partial charge in [0.15, 0.2) is 5.75 Å². The predicted octanol–water partition coefficient (Wildman–Crippen LogP) is 1.81. The van der Waals surface area contributed by atoms with Gasteiger partial charge in [0.05, 0.1) is 16.6 Å². The van der Waals surface area contributed by atoms with E-state index >= 15 is 0 Å². The summed E-state index contributed by atoms with van der Waals surface area (Å²) in [6.45, 7) is -0.968. The second-order valence-electron chi connectivity index (χ2n) is 2.59. The fourth-order valence-corrected chi connectivity index (χ4v) is 1.00. The Morgan fingerprint density at radius 3 is 2.87 bits per heavy atom. The maximum absolute atomic E-state index is 11.8. The molecule has 1 rings (SSSR count). The summed E-state index contributed by atoms with van der Waals surface area (Å²) in [4.78, 5) is 9.90. The van der Waals surface area contributed by atoms with Crippen LogP contribution in [-0.4, -0.2) is 18.2 Å². The van der Waals surface area contributed by atoms with Crippen LogP contribution in [0.25, 0.3) is 0 Å². The van der Waals surface area contributed by atoms with E-state index in [1.807, 2.05) is 0 Å². The lowest BCUT2D eigenvalue weighted by molar-refractivity contribution is -0.385. The number of nitriles is 1. The molecule has 0 N–H and O–H groups in total. The van der Waals surface area contributed by atoms with Crippen LogP contribution < -0.4 is 4.74 Å². The molecule has 0 radical (unpaired) electrons. The average Bonchev–Trinajstić information content (AvgIpc) is 2.26. The van der Waals surface area contributed by atoms with Gasteiger partial charge in [-0.05, 0) is 12.1 Å². The maximum atomic E-state index is 11.8. The number of nitrogens with zero attached hydrogens (tertiary/aromatic N) is 2. The fraction of sp³-hybridized carbons (Fsp3) is 0.222. The molecule has 0 fully saturated rings. The molecular formula is C9H7FN2O3. The summed E-state index contributed by atoms with van der Waals surface area (Å²) in [7, 11) is 0. The number of nitro groups is 1. The molecule has 0 aliphatic heterocycles. The first-order valence-electron chi connectivity index (χ1n) is 4.06. The minimum atomic E-state index is -0.725. The van der Waals surface area contributed by atoms with Crippen LogP contribution in [0.15, 0.2) is 18.2 Å². The molecule has 0 aromatic heterocycles. The van der Waals surface area contributed by atoms with Crippen LogP contribution >= 0.6 is 0 Å². The first kappa shape index (κ1) is 10.9. The highest BCUT2D eigenvalue weighted by Gasteiger charge is 2.15. The van der Waals surface area contributed by atoms with Crippen molar-refractivity contribution in [1.29, 1.82) is 5.26 Å². The van der Waals surface area contributed by atoms with Crippen molar-refractivity contribution >= 4 is 5.69 Å². The minimum Gasteiger partial charge on any atom is -0.484 e. The molecule has 6 heteroatoms. The van der Waals surface area contributed by atoms with Gasteiger partial charge >= 0.3 is 5.69 Å². The van der Waals surface area contributed by atoms with Crippen LogP contribution in [0, 0.1) is 21.4 Å². The molecular weight excluding hydrogens is 203 g/mol. The van der Waals surface area contributed by atoms with Gasteiger partial charge in [-0.1, -0.05) is 0 Å². The highest BCUT2D eigenvalue weighted by molar-refractivity contribution is 5.51. The monoisotopic (exact) mass is 210 g/mol. The molecule has 0 saturated heterocycles. The summed E-state index contributed by atoms with van der Waals surface area (Å²) in [6, 6.07) is 5.52. The van der Waals surface area contributed by atoms with E-state index < -0.39 is 11.6 Å². The van der Waals surface area contributed by atoms with Crippen LogP contribution in [0.3, 0.4) is 0 Å². The number of rotatable bonds is 4. The van der Waals surface area contributed by atoms with Gasteiger partial charge in [-0.25, -0.2) is 4.39 Å². The SMILES string of the molecule is N#Cc1ccc(OCCF)c([N+](=O)[O-])c1. The lowest BCUT2D eigenvalue weighted by Crippen LogP contribution is -2.02. The molecule has 1 aromatic carbocycles. The largest absolute Gasteiger partial charge is 0.484 e. The lowest BCUT2D eigenvalue weighted by atomic mass is 10.2. The first-order valence-corrected chi connectivity index (χ1v) is 4.06. The highest BCUT2D eigenvalue weighted by atomic mass is 19.1. The second-order valence-corrected chi connectivity index (χ2v) is 2.59. The summed E-state index contributed by atoms with van der Waals surface area (Å²) in [5.74, 6) is -0.0309. The molecule has 0 amide bonds. The third-order valence-corrected chi connectivity index (χ3v) is 1.62. The van der Waals surface area contributed by atoms with E-state index in [-0.39, 0.29) is 23.6 Å². The number of hydrogen-bond acceptors (Lipinski definition) is 4. The second kappa shape index (κ2) is 4.91. The van der Waals surface area contributed by atoms with Crippen LogP contribution in [0.2, 0.25) is 0 Å². The van der Waals surface area contributed by atoms with Crippen molar-refractivity contribution in [1.82, 2.24) is 0 Å². The van der Waals surface area contributed by atoms with E-state index in [0.29, 0.717) is 0 Å². The fourth-order valence-electron chi connectivity index (χ4n) is 1.00. The quantitative estimate of drug-likeness (QED) is 0.561. The minimum absolute atomic E-state index is 0.0309. The average molecular weight is 210 g/mol. The number of nitro benzene ring substituents is 1. The predicted molar refractivity (Wildman–Crippen MR) is 49.3 cm³/mol. The Bertz CT molecular complexity index is 414. The van der Waals surface area contributed by atoms with Crippen LogP contribution in [0.4, 0.5) is 10.1 Å². The molecule has 0 bridgehead atoms. The van der Waals surface area contributed by atoms with E-state index in [1.54, 1.807) is 6.07 Å². The Labute approximate surface area is 84.9 Å². The number of benzene rings is 1. The lowest BCUT2D eigenvalue weighted by Gasteiger charge is -2.03. The summed E-state index contributed by atoms with van der Waals surface area (Å²) in [5, 5.41) is 19.1. The Kier molecular flexibility index (Phi) is 3.57. The summed E-state index contributed by atoms with van der Waals surface area (Å²) in [5.41, 5.74) is -0.170. The molecule has 0 spiro atoms. The standard InChI is InChI=1S/C9H7FN2O3/c10-3-4-15-9-2-1-7(6-11)5-8(9)12(13)14/h1-2,5H,3-4H2. The third-order valence-electron chi connectivity index (χ3n) is 1.62. The van der Waals surface area contributed by atoms with Gasteiger partial charge in [-0.15, -0.1) is 0 Å². The van der Waals surface area contributed by atoms with Gasteiger partial charge in [-0.3, -0.25) is 10.1 Å². The van der Waals surface area contributed by atoms with Gasteiger partial charge in [0, 0.05) is 6.07 Å². The van der Waals surface area contributed by atoms with Crippen molar-refractivity contribution in [3.8, 4) is 11.8 Å². The Morgan fingerprint density at radius 2 is 2.33 bits per heavy atom. The first-order chi connectivity index (χ1) is 7.19. The van der Waals surface area contributed by atoms with E-state index in [1.165, 1.54) is 12.1 Å². The Hall–Kier alpha value is -2.16. The number of ether oxygens (including phenoxy) is 1. The van der Waals surface area contributed by atoms with Gasteiger partial charge in [-0.2, -0.15) is 5.26 Å². The molecule has 0 aliphatic rings. The van der Waals surface area contributed by atoms with Gasteiger partial charge in [0.1, 0.15) is 13.3 Å². The number of alkyl halides is 1. The molecule has 15 heavy (non-hydrogen) atoms. The molecule has 1 aromatic rings. The zero-order chi connectivity index (χ0) is 11.3. The molecule has 5 nitrogen and oxygen atoms in total. The van der Waals surface area contributed by atoms with Crippen molar-refractivity contribution in [3.63, 3.8) is 0 Å². The molecule has 78 valence electrons. The molecule has 0 heterocycles. The summed E-state index contributed by atoms with van der Waals surface area (Å²) < 4.78 is 16.6. The van der Waals surface area contributed by atoms with Crippen molar-refractivity contribution in [2.75, 3.05) is 13.3 Å². The number of hydrogen-bond donors (Lipinski definition) is 0. The van der Waals surface area contributed by atoms with Crippen molar-refractivity contribution in [2.45, 2.75) is 0 Å². The smallest absolute Gasteiger partial charge is 0.312 e. The molecule has 0 aliphatic carbocycles. The van der Waals surface area contributed by atoms with Gasteiger partial charge in [0.2, 0.25) is 0 Å². The normalized spacial score (nSPS) is 9.33. The summed E-state index contributed by atoms with van der Waals surface area (Å²) in [6.07, 6.45) is 0. The van der Waals surface area contributed by atoms with Crippen molar-refractivity contribution in [2.24, 2.45) is 0 Å². The third kappa shape index (κ3) is 2.64. The van der Waals surface area contributed by atoms with Crippen molar-refractivity contribution < 1.29 is 14.1 Å². The van der Waals surface area contributed by atoms with Crippen LogP contribution in [-0.2, 0) is 0 Å². The zero-order valence-electron chi connectivity index (χ0n) is 7.64. The Morgan fingerprint density at radius 1 is 1.60 bits per heavy atom. The zero-order valence-corrected chi connectivity index (χ0v) is 7.64. The molecule has 0 atom stereocenters. The van der Waals surface area contributed by atoms with Gasteiger partial charge < -0.3 is 4.74 Å².